The molecule has 19 heteroatoms. The van der Waals surface area contributed by atoms with E-state index in [1.165, 1.54) is 24.4 Å². The number of halogens is 1. The molecule has 3 aliphatic rings. The molecule has 2 aromatic rings. The van der Waals surface area contributed by atoms with Crippen molar-refractivity contribution in [2.24, 2.45) is 0 Å². The van der Waals surface area contributed by atoms with Crippen molar-refractivity contribution in [2.45, 2.75) is 89.5 Å². The van der Waals surface area contributed by atoms with E-state index in [0.29, 0.717) is 5.56 Å². The maximum absolute atomic E-state index is 13.8. The minimum absolute atomic E-state index is 0.211. The molecule has 252 valence electrons. The molecule has 5 rings (SSSR count). The van der Waals surface area contributed by atoms with Gasteiger partial charge in [0.05, 0.1) is 0 Å². The van der Waals surface area contributed by atoms with Crippen molar-refractivity contribution >= 4 is 15.0 Å². The molecule has 3 fully saturated rings. The standard InChI is InChI=1S/C26H36FN3O14Se/c27-10-3-1-2-9(4-10)11-5-30(29-28-11)15-16(34)12(6-31)41-24(19(15)37)44-25-22(40)23(18(36)14(8-33)42-25)45-26-21(39)20(38)17(35)13(7-32)43-26/h1-5,12-26,31-40H,6-8H2/t12-,13+,14+,15+,16+,17+,18+,19-,20+,21-,22-,23+,24+,25+,26+/m1/s1. The summed E-state index contributed by atoms with van der Waals surface area (Å²) in [7, 11) is 0. The van der Waals surface area contributed by atoms with E-state index in [4.69, 9.17) is 18.9 Å². The molecule has 17 nitrogen and oxygen atoms in total. The molecule has 0 unspecified atom stereocenters. The van der Waals surface area contributed by atoms with E-state index in [1.54, 1.807) is 6.07 Å². The van der Waals surface area contributed by atoms with E-state index in [0.717, 1.165) is 4.68 Å². The van der Waals surface area contributed by atoms with Gasteiger partial charge in [0.2, 0.25) is 0 Å². The number of benzene rings is 1. The molecule has 4 heterocycles. The van der Waals surface area contributed by atoms with Crippen molar-refractivity contribution in [3.8, 4) is 11.3 Å². The predicted octanol–water partition coefficient (Wildman–Crippen LogP) is -5.19. The zero-order chi connectivity index (χ0) is 32.6. The minimum atomic E-state index is -1.73. The summed E-state index contributed by atoms with van der Waals surface area (Å²) in [6.45, 7) is -2.16. The number of aliphatic hydroxyl groups is 10. The Morgan fingerprint density at radius 3 is 2.02 bits per heavy atom. The third kappa shape index (κ3) is 6.95. The van der Waals surface area contributed by atoms with Gasteiger partial charge in [-0.3, -0.25) is 0 Å². The zero-order valence-corrected chi connectivity index (χ0v) is 25.1. The zero-order valence-electron chi connectivity index (χ0n) is 23.4. The fraction of sp³-hybridized carbons (Fsp3) is 0.692. The average Bonchev–Trinajstić information content (AvgIpc) is 3.51. The van der Waals surface area contributed by atoms with Crippen molar-refractivity contribution in [1.82, 2.24) is 15.0 Å². The molecule has 45 heavy (non-hydrogen) atoms. The maximum atomic E-state index is 13.8. The molecule has 3 saturated heterocycles. The van der Waals surface area contributed by atoms with Crippen LogP contribution in [0.25, 0.3) is 11.3 Å². The van der Waals surface area contributed by atoms with Gasteiger partial charge < -0.3 is 0 Å². The molecule has 3 aliphatic heterocycles. The number of aliphatic hydroxyl groups excluding tert-OH is 10. The van der Waals surface area contributed by atoms with Gasteiger partial charge in [-0.25, -0.2) is 4.39 Å². The Bertz CT molecular complexity index is 1260. The van der Waals surface area contributed by atoms with Gasteiger partial charge in [0.15, 0.2) is 0 Å². The quantitative estimate of drug-likeness (QED) is 0.109. The summed E-state index contributed by atoms with van der Waals surface area (Å²) in [5.41, 5.74) is 0.575. The number of nitrogens with zero attached hydrogens (tertiary/aromatic N) is 3. The van der Waals surface area contributed by atoms with Crippen molar-refractivity contribution in [1.29, 1.82) is 0 Å². The molecule has 0 amide bonds. The summed E-state index contributed by atoms with van der Waals surface area (Å²) in [6, 6.07) is 4.16. The van der Waals surface area contributed by atoms with Gasteiger partial charge >= 0.3 is 239 Å². The van der Waals surface area contributed by atoms with E-state index >= 15 is 0 Å². The van der Waals surface area contributed by atoms with Gasteiger partial charge in [0.1, 0.15) is 5.82 Å². The fourth-order valence-corrected chi connectivity index (χ4v) is 8.56. The van der Waals surface area contributed by atoms with E-state index < -0.39 is 130 Å². The molecule has 10 N–H and O–H groups in total. The molecular formula is C26H36FN3O14Se. The van der Waals surface area contributed by atoms with Crippen molar-refractivity contribution in [3.63, 3.8) is 0 Å². The second-order valence-electron chi connectivity index (χ2n) is 10.9. The summed E-state index contributed by atoms with van der Waals surface area (Å²) in [6.07, 6.45) is -17.4. The Kier molecular flexibility index (Phi) is 11.2. The first kappa shape index (κ1) is 34.6. The monoisotopic (exact) mass is 713 g/mol. The molecule has 1 aromatic heterocycles. The Balaban J connectivity index is 1.35. The molecule has 0 bridgehead atoms. The molecule has 0 saturated carbocycles. The van der Waals surface area contributed by atoms with Crippen molar-refractivity contribution < 1.29 is 74.4 Å². The van der Waals surface area contributed by atoms with Crippen LogP contribution in [0.4, 0.5) is 4.39 Å². The summed E-state index contributed by atoms with van der Waals surface area (Å²) < 4.78 is 37.3. The number of hydrogen-bond donors (Lipinski definition) is 10. The Morgan fingerprint density at radius 2 is 1.38 bits per heavy atom. The molecule has 0 radical (unpaired) electrons. The van der Waals surface area contributed by atoms with Crippen LogP contribution < -0.4 is 0 Å². The van der Waals surface area contributed by atoms with Gasteiger partial charge in [-0.05, 0) is 6.07 Å². The first-order valence-electron chi connectivity index (χ1n) is 14.0. The number of rotatable bonds is 9. The second kappa shape index (κ2) is 14.6. The third-order valence-corrected chi connectivity index (χ3v) is 11.2. The topological polar surface area (TPSA) is 270 Å². The first-order chi connectivity index (χ1) is 21.5. The molecule has 0 spiro atoms. The van der Waals surface area contributed by atoms with Crippen LogP contribution in [-0.2, 0) is 18.9 Å². The van der Waals surface area contributed by atoms with Crippen LogP contribution in [0.1, 0.15) is 6.04 Å². The first-order valence-corrected chi connectivity index (χ1v) is 16.0. The number of aromatic nitrogens is 3. The molecule has 0 aliphatic carbocycles. The number of hydrogen-bond acceptors (Lipinski definition) is 16. The summed E-state index contributed by atoms with van der Waals surface area (Å²) in [5.74, 6) is -0.523. The summed E-state index contributed by atoms with van der Waals surface area (Å²) in [4.78, 5) is -1.19. The van der Waals surface area contributed by atoms with Crippen LogP contribution in [0.2, 0.25) is 4.82 Å². The van der Waals surface area contributed by atoms with Gasteiger partial charge in [-0.2, -0.15) is 0 Å². The Morgan fingerprint density at radius 1 is 0.756 bits per heavy atom. The molecule has 15 atom stereocenters. The second-order valence-corrected chi connectivity index (χ2v) is 13.6. The Hall–Kier alpha value is -1.75. The summed E-state index contributed by atoms with van der Waals surface area (Å²) in [5, 5.41) is 111. The van der Waals surface area contributed by atoms with Crippen LogP contribution >= 0.6 is 0 Å². The van der Waals surface area contributed by atoms with Crippen LogP contribution in [0.5, 0.6) is 0 Å². The summed E-state index contributed by atoms with van der Waals surface area (Å²) >= 11 is -1.10. The SMILES string of the molecule is OC[C@@H]1O[C@@H]([Se][C@H]2[C@@H](O)[C@H](CO)O[C@@H](O[C@@H]3O[C@H](CO)[C@H](O)[C@H](n4cc(-c5cccc(F)c5)nn4)[C@H]3O)[C@@H]2O)[C@H](O)[C@@H](O)[C@H]1O. The van der Waals surface area contributed by atoms with Gasteiger partial charge in [-0.15, -0.1) is 0 Å². The van der Waals surface area contributed by atoms with Crippen molar-refractivity contribution in [2.75, 3.05) is 19.8 Å². The van der Waals surface area contributed by atoms with E-state index in [9.17, 15) is 55.5 Å². The van der Waals surface area contributed by atoms with Gasteiger partial charge in [-0.1, -0.05) is 6.07 Å². The van der Waals surface area contributed by atoms with Crippen LogP contribution in [0.15, 0.2) is 30.5 Å². The van der Waals surface area contributed by atoms with Gasteiger partial charge in [0, 0.05) is 0 Å². The Labute approximate surface area is 261 Å². The van der Waals surface area contributed by atoms with Crippen molar-refractivity contribution in [3.05, 3.63) is 36.3 Å². The predicted molar refractivity (Wildman–Crippen MR) is 144 cm³/mol. The van der Waals surface area contributed by atoms with Crippen LogP contribution in [-0.4, -0.2) is 179 Å². The van der Waals surface area contributed by atoms with Gasteiger partial charge in [0.25, 0.3) is 0 Å². The average molecular weight is 713 g/mol. The third-order valence-electron chi connectivity index (χ3n) is 8.01. The normalized spacial score (nSPS) is 42.5. The fourth-order valence-electron chi connectivity index (χ4n) is 5.49. The number of ether oxygens (including phenoxy) is 4. The van der Waals surface area contributed by atoms with Crippen LogP contribution in [0.3, 0.4) is 0 Å². The van der Waals surface area contributed by atoms with E-state index in [-0.39, 0.29) is 5.69 Å². The van der Waals surface area contributed by atoms with Crippen LogP contribution in [0, 0.1) is 5.82 Å². The van der Waals surface area contributed by atoms with E-state index in [1.807, 2.05) is 0 Å². The van der Waals surface area contributed by atoms with E-state index in [2.05, 4.69) is 10.3 Å². The molecular weight excluding hydrogens is 676 g/mol. The molecule has 1 aromatic carbocycles.